The van der Waals surface area contributed by atoms with Crippen molar-refractivity contribution in [2.24, 2.45) is 0 Å². The van der Waals surface area contributed by atoms with Crippen LogP contribution in [0.25, 0.3) is 0 Å². The SMILES string of the molecule is CO.COC(=O)COc1ccc(Br)nc1N.O=C1COc2ccc(Br)nc2C1.O=CO[O-].[H-].[K+].[K+]. The van der Waals surface area contributed by atoms with Crippen LogP contribution in [0.4, 0.5) is 5.82 Å². The summed E-state index contributed by atoms with van der Waals surface area (Å²) in [5.41, 5.74) is 6.25. The van der Waals surface area contributed by atoms with Crippen LogP contribution in [0.1, 0.15) is 7.12 Å². The quantitative estimate of drug-likeness (QED) is 0.0793. The van der Waals surface area contributed by atoms with Gasteiger partial charge in [0.2, 0.25) is 0 Å². The summed E-state index contributed by atoms with van der Waals surface area (Å²) in [5, 5.41) is 15.4. The van der Waals surface area contributed by atoms with Gasteiger partial charge in [0, 0.05) is 7.11 Å². The average Bonchev–Trinajstić information content (AvgIpc) is 2.80. The van der Waals surface area contributed by atoms with E-state index in [2.05, 4.69) is 51.5 Å². The Hall–Kier alpha value is 0.463. The number of hydrogen-bond donors (Lipinski definition) is 2. The number of Topliss-reactive ketones (excluding diaryl/α,β-unsaturated/α-hetero) is 1. The van der Waals surface area contributed by atoms with Crippen molar-refractivity contribution in [3.05, 3.63) is 39.2 Å². The van der Waals surface area contributed by atoms with E-state index in [1.165, 1.54) is 7.11 Å². The first-order valence-electron chi connectivity index (χ1n) is 8.39. The summed E-state index contributed by atoms with van der Waals surface area (Å²) in [5.74, 6) is 0.917. The molecule has 0 fully saturated rings. The molecule has 0 aromatic carbocycles. The molecule has 12 nitrogen and oxygen atoms in total. The number of halogens is 2. The van der Waals surface area contributed by atoms with Gasteiger partial charge in [0.1, 0.15) is 21.6 Å². The van der Waals surface area contributed by atoms with Gasteiger partial charge in [-0.1, -0.05) is 0 Å². The number of nitrogens with two attached hydrogens (primary N) is 1. The normalized spacial score (nSPS) is 10.1. The van der Waals surface area contributed by atoms with Crippen LogP contribution in [0.2, 0.25) is 0 Å². The minimum atomic E-state index is -0.465. The van der Waals surface area contributed by atoms with E-state index >= 15 is 0 Å². The molecular formula is C18H21Br2K2N3O9. The molecule has 0 aliphatic carbocycles. The van der Waals surface area contributed by atoms with E-state index < -0.39 is 5.97 Å². The van der Waals surface area contributed by atoms with Crippen molar-refractivity contribution in [1.82, 2.24) is 9.97 Å². The molecule has 0 radical (unpaired) electrons. The van der Waals surface area contributed by atoms with Gasteiger partial charge in [-0.25, -0.2) is 14.8 Å². The first-order chi connectivity index (χ1) is 15.3. The number of anilines is 1. The number of rotatable bonds is 4. The molecule has 34 heavy (non-hydrogen) atoms. The number of methoxy groups -OCH3 is 1. The number of nitrogens with zero attached hydrogens (tertiary/aromatic N) is 2. The number of pyridine rings is 2. The maximum atomic E-state index is 11.0. The minimum absolute atomic E-state index is 0. The molecule has 0 unspecified atom stereocenters. The second kappa shape index (κ2) is 23.8. The third-order valence-electron chi connectivity index (χ3n) is 3.12. The number of aliphatic hydroxyl groups excluding tert-OH is 1. The molecule has 0 amide bonds. The zero-order chi connectivity index (χ0) is 24.5. The summed E-state index contributed by atoms with van der Waals surface area (Å²) < 4.78 is 16.0. The van der Waals surface area contributed by atoms with Crippen molar-refractivity contribution >= 4 is 55.9 Å². The fourth-order valence-electron chi connectivity index (χ4n) is 1.87. The van der Waals surface area contributed by atoms with Crippen molar-refractivity contribution in [2.45, 2.75) is 6.42 Å². The molecule has 0 atom stereocenters. The maximum absolute atomic E-state index is 11.0. The third-order valence-corrected chi connectivity index (χ3v) is 4.00. The Morgan fingerprint density at radius 2 is 1.79 bits per heavy atom. The summed E-state index contributed by atoms with van der Waals surface area (Å²) in [4.78, 5) is 41.0. The summed E-state index contributed by atoms with van der Waals surface area (Å²) in [6.07, 6.45) is 0.384. The van der Waals surface area contributed by atoms with E-state index in [9.17, 15) is 9.59 Å². The summed E-state index contributed by atoms with van der Waals surface area (Å²) in [6, 6.07) is 6.91. The molecule has 0 spiro atoms. The number of esters is 1. The fourth-order valence-corrected chi connectivity index (χ4v) is 2.54. The van der Waals surface area contributed by atoms with Crippen LogP contribution in [-0.4, -0.2) is 60.7 Å². The van der Waals surface area contributed by atoms with Crippen LogP contribution < -0.4 is 123 Å². The summed E-state index contributed by atoms with van der Waals surface area (Å²) >= 11 is 6.38. The Bertz CT molecular complexity index is 902. The first-order valence-corrected chi connectivity index (χ1v) is 9.97. The van der Waals surface area contributed by atoms with Gasteiger partial charge in [-0.2, -0.15) is 0 Å². The Morgan fingerprint density at radius 1 is 1.24 bits per heavy atom. The number of ketones is 1. The predicted molar refractivity (Wildman–Crippen MR) is 116 cm³/mol. The Morgan fingerprint density at radius 3 is 2.32 bits per heavy atom. The van der Waals surface area contributed by atoms with Gasteiger partial charge in [-0.15, -0.1) is 0 Å². The van der Waals surface area contributed by atoms with Gasteiger partial charge in [0.25, 0.3) is 6.47 Å². The number of fused-ring (bicyclic) bond motifs is 1. The number of carbonyl (C=O) groups is 3. The molecule has 0 bridgehead atoms. The first kappa shape index (κ1) is 39.0. The molecule has 1 aliphatic rings. The van der Waals surface area contributed by atoms with E-state index in [0.717, 1.165) is 23.2 Å². The van der Waals surface area contributed by atoms with Crippen molar-refractivity contribution in [2.75, 3.05) is 33.2 Å². The third kappa shape index (κ3) is 17.0. The van der Waals surface area contributed by atoms with E-state index in [4.69, 9.17) is 30.4 Å². The topological polar surface area (TPSA) is 183 Å². The molecule has 1 aliphatic heterocycles. The molecule has 3 heterocycles. The van der Waals surface area contributed by atoms with Crippen molar-refractivity contribution in [3.63, 3.8) is 0 Å². The summed E-state index contributed by atoms with van der Waals surface area (Å²) in [6.45, 7) is -0.180. The number of carbonyl (C=O) groups excluding carboxylic acids is 3. The van der Waals surface area contributed by atoms with Gasteiger partial charge < -0.3 is 36.6 Å². The van der Waals surface area contributed by atoms with E-state index in [0.29, 0.717) is 16.8 Å². The summed E-state index contributed by atoms with van der Waals surface area (Å²) in [7, 11) is 2.29. The van der Waals surface area contributed by atoms with Gasteiger partial charge in [0.05, 0.1) is 19.2 Å². The van der Waals surface area contributed by atoms with E-state index in [1.54, 1.807) is 18.2 Å². The molecule has 3 N–H and O–H groups in total. The van der Waals surface area contributed by atoms with Crippen LogP contribution in [0.5, 0.6) is 11.5 Å². The molecule has 3 rings (SSSR count). The van der Waals surface area contributed by atoms with Crippen LogP contribution in [0.15, 0.2) is 33.5 Å². The molecule has 2 aromatic heterocycles. The Kier molecular flexibility index (Phi) is 27.3. The molecule has 2 aromatic rings. The molecular weight excluding hydrogens is 640 g/mol. The number of ether oxygens (including phenoxy) is 3. The monoisotopic (exact) mass is 659 g/mol. The number of nitrogen functional groups attached to an aromatic ring is 1. The van der Waals surface area contributed by atoms with Crippen LogP contribution in [-0.2, 0) is 30.4 Å². The van der Waals surface area contributed by atoms with Crippen molar-refractivity contribution in [3.8, 4) is 11.5 Å². The Labute approximate surface area is 299 Å². The second-order valence-corrected chi connectivity index (χ2v) is 6.78. The molecule has 178 valence electrons. The number of aromatic nitrogens is 2. The zero-order valence-electron chi connectivity index (χ0n) is 19.9. The van der Waals surface area contributed by atoms with Gasteiger partial charge in [0.15, 0.2) is 24.0 Å². The largest absolute Gasteiger partial charge is 1.00 e. The zero-order valence-corrected chi connectivity index (χ0v) is 28.4. The molecule has 16 heteroatoms. The van der Waals surface area contributed by atoms with E-state index in [-0.39, 0.29) is 135 Å². The van der Waals surface area contributed by atoms with Crippen LogP contribution in [0, 0.1) is 0 Å². The van der Waals surface area contributed by atoms with Crippen molar-refractivity contribution in [1.29, 1.82) is 0 Å². The second-order valence-electron chi connectivity index (χ2n) is 5.16. The van der Waals surface area contributed by atoms with Gasteiger partial charge >= 0.3 is 109 Å². The fraction of sp³-hybridized carbons (Fsp3) is 0.278. The number of aliphatic hydroxyl groups is 1. The average molecular weight is 661 g/mol. The minimum Gasteiger partial charge on any atom is -1.00 e. The predicted octanol–water partition coefficient (Wildman–Crippen LogP) is -5.51. The smallest absolute Gasteiger partial charge is 1.00 e. The van der Waals surface area contributed by atoms with Gasteiger partial charge in [-0.3, -0.25) is 9.59 Å². The standard InChI is InChI=1S/C8H9BrN2O3.C8H6BrNO2.CH2O3.CH4O.2K.H/c1-13-7(12)4-14-5-2-3-6(9)11-8(5)10;9-8-2-1-7-6(10-8)3-5(11)4-12-7;2-1-4-3;1-2;;;/h2-3H,4H2,1H3,(H2,10,11);1-2H,3-4H2;1,3H;2H,1H3;;;/q;;;;2*+1;-1/p-1. The molecule has 0 saturated heterocycles. The van der Waals surface area contributed by atoms with Gasteiger partial charge in [-0.05, 0) is 56.1 Å². The maximum Gasteiger partial charge on any atom is 1.00 e. The van der Waals surface area contributed by atoms with Crippen LogP contribution in [0.3, 0.4) is 0 Å². The molecule has 0 saturated carbocycles. The van der Waals surface area contributed by atoms with Crippen molar-refractivity contribution < 1.29 is 148 Å². The Balaban J connectivity index is -0.000000211. The van der Waals surface area contributed by atoms with Crippen LogP contribution >= 0.6 is 31.9 Å². The number of hydrogen-bond acceptors (Lipinski definition) is 12. The van der Waals surface area contributed by atoms with E-state index in [1.807, 2.05) is 6.07 Å².